The van der Waals surface area contributed by atoms with Gasteiger partial charge in [0.2, 0.25) is 0 Å². The predicted molar refractivity (Wildman–Crippen MR) is 69.9 cm³/mol. The summed E-state index contributed by atoms with van der Waals surface area (Å²) in [7, 11) is 0. The van der Waals surface area contributed by atoms with Crippen molar-refractivity contribution in [2.75, 3.05) is 12.5 Å². The Hall–Kier alpha value is -1.59. The van der Waals surface area contributed by atoms with Gasteiger partial charge in [-0.15, -0.1) is 11.6 Å². The minimum atomic E-state index is -1.75. The van der Waals surface area contributed by atoms with Gasteiger partial charge in [0, 0.05) is 23.4 Å². The first-order valence-electron chi connectivity index (χ1n) is 5.78. The molecular formula is C13H15ClO5. The number of halogens is 1. The molecular weight excluding hydrogens is 272 g/mol. The minimum absolute atomic E-state index is 0.0473. The number of rotatable bonds is 7. The third-order valence-electron chi connectivity index (χ3n) is 2.49. The zero-order valence-electron chi connectivity index (χ0n) is 10.4. The van der Waals surface area contributed by atoms with E-state index in [-0.39, 0.29) is 29.2 Å². The maximum atomic E-state index is 11.9. The standard InChI is InChI=1S/C13H15ClO5/c1-2-19-8-3-4-9(12(16)13(17)18)10(7-8)11(15)5-6-14/h3-4,7,12,16H,2,5-6H2,1H3,(H,17,18). The lowest BCUT2D eigenvalue weighted by Gasteiger charge is -2.13. The van der Waals surface area contributed by atoms with Crippen molar-refractivity contribution < 1.29 is 24.5 Å². The molecule has 2 N–H and O–H groups in total. The largest absolute Gasteiger partial charge is 0.494 e. The van der Waals surface area contributed by atoms with E-state index >= 15 is 0 Å². The molecule has 0 saturated carbocycles. The van der Waals surface area contributed by atoms with Gasteiger partial charge in [-0.25, -0.2) is 4.79 Å². The number of alkyl halides is 1. The van der Waals surface area contributed by atoms with Crippen molar-refractivity contribution in [2.45, 2.75) is 19.4 Å². The zero-order chi connectivity index (χ0) is 14.4. The van der Waals surface area contributed by atoms with E-state index in [4.69, 9.17) is 21.4 Å². The fraction of sp³-hybridized carbons (Fsp3) is 0.385. The number of aliphatic hydroxyl groups is 1. The number of carbonyl (C=O) groups excluding carboxylic acids is 1. The molecule has 0 aliphatic heterocycles. The Morgan fingerprint density at radius 3 is 2.63 bits per heavy atom. The van der Waals surface area contributed by atoms with Crippen LogP contribution in [0.2, 0.25) is 0 Å². The summed E-state index contributed by atoms with van der Waals surface area (Å²) in [6.45, 7) is 2.21. The van der Waals surface area contributed by atoms with Gasteiger partial charge in [-0.1, -0.05) is 6.07 Å². The molecule has 1 unspecified atom stereocenters. The Bertz CT molecular complexity index is 472. The second kappa shape index (κ2) is 7.11. The molecule has 1 aromatic rings. The van der Waals surface area contributed by atoms with Gasteiger partial charge >= 0.3 is 5.97 Å². The van der Waals surface area contributed by atoms with Crippen LogP contribution in [-0.2, 0) is 4.79 Å². The summed E-state index contributed by atoms with van der Waals surface area (Å²) in [5.74, 6) is -1.17. The van der Waals surface area contributed by atoms with Crippen LogP contribution in [0.3, 0.4) is 0 Å². The Morgan fingerprint density at radius 2 is 2.11 bits per heavy atom. The van der Waals surface area contributed by atoms with Crippen molar-refractivity contribution in [2.24, 2.45) is 0 Å². The van der Waals surface area contributed by atoms with Crippen molar-refractivity contribution in [3.05, 3.63) is 29.3 Å². The van der Waals surface area contributed by atoms with E-state index < -0.39 is 12.1 Å². The number of carboxylic acid groups (broad SMARTS) is 1. The number of ether oxygens (including phenoxy) is 1. The molecule has 0 amide bonds. The van der Waals surface area contributed by atoms with Gasteiger partial charge in [0.25, 0.3) is 0 Å². The Kier molecular flexibility index (Phi) is 5.79. The summed E-state index contributed by atoms with van der Waals surface area (Å²) >= 11 is 5.51. The fourth-order valence-electron chi connectivity index (χ4n) is 1.63. The van der Waals surface area contributed by atoms with Crippen LogP contribution in [0.5, 0.6) is 5.75 Å². The SMILES string of the molecule is CCOc1ccc(C(O)C(=O)O)c(C(=O)CCCl)c1. The van der Waals surface area contributed by atoms with Gasteiger partial charge in [0.05, 0.1) is 6.61 Å². The van der Waals surface area contributed by atoms with Gasteiger partial charge in [0.1, 0.15) is 5.75 Å². The molecule has 1 rings (SSSR count). The van der Waals surface area contributed by atoms with E-state index in [0.29, 0.717) is 12.4 Å². The Balaban J connectivity index is 3.21. The van der Waals surface area contributed by atoms with Crippen molar-refractivity contribution in [3.8, 4) is 5.75 Å². The third kappa shape index (κ3) is 3.94. The van der Waals surface area contributed by atoms with E-state index in [0.717, 1.165) is 0 Å². The topological polar surface area (TPSA) is 83.8 Å². The number of carbonyl (C=O) groups is 2. The number of carboxylic acids is 1. The molecule has 0 heterocycles. The number of aliphatic hydroxyl groups excluding tert-OH is 1. The molecule has 0 spiro atoms. The number of ketones is 1. The van der Waals surface area contributed by atoms with Crippen LogP contribution in [-0.4, -0.2) is 34.5 Å². The zero-order valence-corrected chi connectivity index (χ0v) is 11.2. The van der Waals surface area contributed by atoms with E-state index in [9.17, 15) is 14.7 Å². The summed E-state index contributed by atoms with van der Waals surface area (Å²) in [6.07, 6.45) is -1.68. The second-order valence-electron chi connectivity index (χ2n) is 3.79. The summed E-state index contributed by atoms with van der Waals surface area (Å²) in [5.41, 5.74) is 0.174. The Morgan fingerprint density at radius 1 is 1.42 bits per heavy atom. The van der Waals surface area contributed by atoms with Gasteiger partial charge in [-0.2, -0.15) is 0 Å². The highest BCUT2D eigenvalue weighted by Gasteiger charge is 2.23. The maximum Gasteiger partial charge on any atom is 0.337 e. The highest BCUT2D eigenvalue weighted by molar-refractivity contribution is 6.19. The molecule has 5 nitrogen and oxygen atoms in total. The average Bonchev–Trinajstić information content (AvgIpc) is 2.38. The normalized spacial score (nSPS) is 11.9. The highest BCUT2D eigenvalue weighted by atomic mass is 35.5. The molecule has 0 radical (unpaired) electrons. The number of aliphatic carboxylic acids is 1. The smallest absolute Gasteiger partial charge is 0.337 e. The molecule has 104 valence electrons. The molecule has 19 heavy (non-hydrogen) atoms. The second-order valence-corrected chi connectivity index (χ2v) is 4.16. The maximum absolute atomic E-state index is 11.9. The number of benzene rings is 1. The minimum Gasteiger partial charge on any atom is -0.494 e. The molecule has 1 atom stereocenters. The van der Waals surface area contributed by atoms with Gasteiger partial charge in [-0.05, 0) is 19.1 Å². The summed E-state index contributed by atoms with van der Waals surface area (Å²) in [5, 5.41) is 18.4. The van der Waals surface area contributed by atoms with Crippen molar-refractivity contribution in [1.82, 2.24) is 0 Å². The summed E-state index contributed by atoms with van der Waals surface area (Å²) in [4.78, 5) is 22.7. The van der Waals surface area contributed by atoms with Crippen molar-refractivity contribution in [3.63, 3.8) is 0 Å². The van der Waals surface area contributed by atoms with E-state index in [1.807, 2.05) is 0 Å². The van der Waals surface area contributed by atoms with Crippen LogP contribution >= 0.6 is 11.6 Å². The van der Waals surface area contributed by atoms with Crippen molar-refractivity contribution in [1.29, 1.82) is 0 Å². The van der Waals surface area contributed by atoms with E-state index in [1.165, 1.54) is 18.2 Å². The van der Waals surface area contributed by atoms with Gasteiger partial charge in [0.15, 0.2) is 11.9 Å². The first-order valence-corrected chi connectivity index (χ1v) is 6.31. The summed E-state index contributed by atoms with van der Waals surface area (Å²) in [6, 6.07) is 4.33. The molecule has 6 heteroatoms. The van der Waals surface area contributed by atoms with E-state index in [1.54, 1.807) is 6.92 Å². The molecule has 0 bridgehead atoms. The molecule has 0 aliphatic rings. The van der Waals surface area contributed by atoms with Crippen LogP contribution in [0.4, 0.5) is 0 Å². The third-order valence-corrected chi connectivity index (χ3v) is 2.68. The number of hydrogen-bond acceptors (Lipinski definition) is 4. The molecule has 0 aliphatic carbocycles. The fourth-order valence-corrected chi connectivity index (χ4v) is 1.80. The molecule has 0 fully saturated rings. The molecule has 0 aromatic heterocycles. The van der Waals surface area contributed by atoms with E-state index in [2.05, 4.69) is 0 Å². The predicted octanol–water partition coefficient (Wildman–Crippen LogP) is 2.01. The molecule has 0 saturated heterocycles. The Labute approximate surface area is 115 Å². The highest BCUT2D eigenvalue weighted by Crippen LogP contribution is 2.25. The van der Waals surface area contributed by atoms with Crippen LogP contribution in [0.1, 0.15) is 35.4 Å². The average molecular weight is 287 g/mol. The monoisotopic (exact) mass is 286 g/mol. The first kappa shape index (κ1) is 15.5. The van der Waals surface area contributed by atoms with Gasteiger partial charge < -0.3 is 14.9 Å². The van der Waals surface area contributed by atoms with Crippen LogP contribution in [0.15, 0.2) is 18.2 Å². The van der Waals surface area contributed by atoms with Crippen LogP contribution in [0.25, 0.3) is 0 Å². The number of Topliss-reactive ketones (excluding diaryl/α,β-unsaturated/α-hetero) is 1. The van der Waals surface area contributed by atoms with Crippen molar-refractivity contribution >= 4 is 23.4 Å². The molecule has 1 aromatic carbocycles. The first-order chi connectivity index (χ1) is 9.01. The van der Waals surface area contributed by atoms with Crippen LogP contribution in [0, 0.1) is 0 Å². The quantitative estimate of drug-likeness (QED) is 0.592. The number of hydrogen-bond donors (Lipinski definition) is 2. The van der Waals surface area contributed by atoms with Gasteiger partial charge in [-0.3, -0.25) is 4.79 Å². The lowest BCUT2D eigenvalue weighted by Crippen LogP contribution is -2.15. The summed E-state index contributed by atoms with van der Waals surface area (Å²) < 4.78 is 5.26. The van der Waals surface area contributed by atoms with Crippen LogP contribution < -0.4 is 4.74 Å². The lowest BCUT2D eigenvalue weighted by molar-refractivity contribution is -0.146. The lowest BCUT2D eigenvalue weighted by atomic mass is 9.97.